The summed E-state index contributed by atoms with van der Waals surface area (Å²) in [7, 11) is -3.95. The molecule has 9 heteroatoms. The summed E-state index contributed by atoms with van der Waals surface area (Å²) in [6.45, 7) is 8.87. The average Bonchev–Trinajstić information content (AvgIpc) is 3.49. The Morgan fingerprint density at radius 2 is 1.86 bits per heavy atom. The summed E-state index contributed by atoms with van der Waals surface area (Å²) >= 11 is 0. The van der Waals surface area contributed by atoms with E-state index in [-0.39, 0.29) is 11.6 Å². The molecule has 3 rings (SSSR count). The Balaban J connectivity index is 1.48. The quantitative estimate of drug-likeness (QED) is 0.592. The van der Waals surface area contributed by atoms with Crippen LogP contribution in [0.25, 0.3) is 0 Å². The van der Waals surface area contributed by atoms with E-state index >= 15 is 0 Å². The molecule has 0 radical (unpaired) electrons. The molecule has 1 amide bonds. The van der Waals surface area contributed by atoms with Crippen molar-refractivity contribution in [3.63, 3.8) is 0 Å². The van der Waals surface area contributed by atoms with Gasteiger partial charge >= 0.3 is 0 Å². The van der Waals surface area contributed by atoms with E-state index in [9.17, 15) is 17.6 Å². The molecule has 0 unspecified atom stereocenters. The largest absolute Gasteiger partial charge is 0.352 e. The lowest BCUT2D eigenvalue weighted by Crippen LogP contribution is -2.46. The Morgan fingerprint density at radius 1 is 1.18 bits per heavy atom. The van der Waals surface area contributed by atoms with Crippen LogP contribution in [0.15, 0.2) is 23.1 Å². The maximum Gasteiger partial charge on any atom is 0.251 e. The maximum absolute atomic E-state index is 14.0. The molecule has 1 saturated heterocycles. The summed E-state index contributed by atoms with van der Waals surface area (Å²) in [5.41, 5.74) is 0.147. The molecule has 1 aromatic rings. The van der Waals surface area contributed by atoms with Gasteiger partial charge in [0.25, 0.3) is 5.91 Å². The molecule has 2 fully saturated rings. The third-order valence-corrected chi connectivity index (χ3v) is 6.77. The van der Waals surface area contributed by atoms with Crippen LogP contribution in [-0.4, -0.2) is 76.0 Å². The second-order valence-corrected chi connectivity index (χ2v) is 9.11. The number of hydrogen-bond donors (Lipinski definition) is 2. The predicted octanol–water partition coefficient (Wildman–Crippen LogP) is 1.02. The normalized spacial score (nSPS) is 18.9. The molecule has 28 heavy (non-hydrogen) atoms. The van der Waals surface area contributed by atoms with E-state index in [1.165, 1.54) is 6.07 Å². The summed E-state index contributed by atoms with van der Waals surface area (Å²) in [6.07, 6.45) is 2.33. The van der Waals surface area contributed by atoms with Crippen molar-refractivity contribution < 1.29 is 17.6 Å². The van der Waals surface area contributed by atoms with E-state index in [4.69, 9.17) is 0 Å². The number of amides is 1. The van der Waals surface area contributed by atoms with E-state index in [0.717, 1.165) is 70.7 Å². The Morgan fingerprint density at radius 3 is 2.50 bits per heavy atom. The van der Waals surface area contributed by atoms with E-state index < -0.39 is 26.6 Å². The van der Waals surface area contributed by atoms with Crippen LogP contribution in [0, 0.1) is 5.82 Å². The summed E-state index contributed by atoms with van der Waals surface area (Å²) < 4.78 is 41.0. The molecule has 2 aliphatic rings. The molecule has 0 aromatic heterocycles. The fraction of sp³-hybridized carbons (Fsp3) is 0.632. The summed E-state index contributed by atoms with van der Waals surface area (Å²) in [5.74, 6) is -1.24. The minimum absolute atomic E-state index is 0.124. The Labute approximate surface area is 166 Å². The second-order valence-electron chi connectivity index (χ2n) is 7.43. The fourth-order valence-corrected chi connectivity index (χ4v) is 4.68. The van der Waals surface area contributed by atoms with Gasteiger partial charge in [0.05, 0.1) is 0 Å². The van der Waals surface area contributed by atoms with E-state index in [1.54, 1.807) is 0 Å². The van der Waals surface area contributed by atoms with Crippen molar-refractivity contribution in [3.8, 4) is 0 Å². The number of likely N-dealkylation sites (N-methyl/N-ethyl adjacent to an activating group) is 1. The van der Waals surface area contributed by atoms with Crippen LogP contribution in [-0.2, 0) is 10.0 Å². The molecule has 1 aromatic carbocycles. The number of carbonyl (C=O) groups is 1. The van der Waals surface area contributed by atoms with Crippen LogP contribution >= 0.6 is 0 Å². The number of piperazine rings is 1. The topological polar surface area (TPSA) is 81.8 Å². The Bertz CT molecular complexity index is 790. The van der Waals surface area contributed by atoms with Gasteiger partial charge in [-0.2, -0.15) is 0 Å². The molecule has 0 atom stereocenters. The van der Waals surface area contributed by atoms with Gasteiger partial charge in [-0.3, -0.25) is 4.79 Å². The van der Waals surface area contributed by atoms with Crippen LogP contribution in [0.2, 0.25) is 0 Å². The molecular formula is C19H29FN4O3S. The third-order valence-electron chi connectivity index (χ3n) is 5.23. The second kappa shape index (κ2) is 9.30. The molecule has 156 valence electrons. The number of nitrogens with one attached hydrogen (secondary N) is 2. The first-order chi connectivity index (χ1) is 13.4. The monoisotopic (exact) mass is 412 g/mol. The summed E-state index contributed by atoms with van der Waals surface area (Å²) in [6, 6.07) is 3.33. The van der Waals surface area contributed by atoms with Gasteiger partial charge in [0.1, 0.15) is 10.7 Å². The highest BCUT2D eigenvalue weighted by Crippen LogP contribution is 2.24. The molecule has 1 heterocycles. The van der Waals surface area contributed by atoms with Gasteiger partial charge in [-0.05, 0) is 50.6 Å². The zero-order valence-electron chi connectivity index (χ0n) is 16.3. The molecule has 7 nitrogen and oxygen atoms in total. The smallest absolute Gasteiger partial charge is 0.251 e. The zero-order valence-corrected chi connectivity index (χ0v) is 17.1. The molecule has 1 aliphatic heterocycles. The average molecular weight is 413 g/mol. The molecule has 1 aliphatic carbocycles. The lowest BCUT2D eigenvalue weighted by Gasteiger charge is -2.33. The number of hydrogen-bond acceptors (Lipinski definition) is 5. The fourth-order valence-electron chi connectivity index (χ4n) is 3.27. The first-order valence-corrected chi connectivity index (χ1v) is 11.4. The van der Waals surface area contributed by atoms with E-state index in [0.29, 0.717) is 6.54 Å². The van der Waals surface area contributed by atoms with Crippen LogP contribution in [0.1, 0.15) is 36.5 Å². The summed E-state index contributed by atoms with van der Waals surface area (Å²) in [5, 5.41) is 2.80. The SMILES string of the molecule is CCN1CCN(CCCNC(=O)c2ccc(F)c(S(=O)(=O)NC3CC3)c2)CC1. The Kier molecular flexibility index (Phi) is 7.03. The van der Waals surface area contributed by atoms with Crippen molar-refractivity contribution in [1.29, 1.82) is 0 Å². The number of nitrogens with zero attached hydrogens (tertiary/aromatic N) is 2. The van der Waals surface area contributed by atoms with Crippen molar-refractivity contribution in [2.24, 2.45) is 0 Å². The lowest BCUT2D eigenvalue weighted by molar-refractivity contribution is 0.0948. The molecule has 1 saturated carbocycles. The number of sulfonamides is 1. The van der Waals surface area contributed by atoms with Crippen molar-refractivity contribution in [3.05, 3.63) is 29.6 Å². The van der Waals surface area contributed by atoms with Crippen LogP contribution in [0.5, 0.6) is 0 Å². The van der Waals surface area contributed by atoms with Gasteiger partial charge in [0.15, 0.2) is 0 Å². The van der Waals surface area contributed by atoms with Gasteiger partial charge in [-0.25, -0.2) is 17.5 Å². The maximum atomic E-state index is 14.0. The van der Waals surface area contributed by atoms with E-state index in [2.05, 4.69) is 26.8 Å². The van der Waals surface area contributed by atoms with Crippen LogP contribution in [0.4, 0.5) is 4.39 Å². The highest BCUT2D eigenvalue weighted by atomic mass is 32.2. The van der Waals surface area contributed by atoms with Crippen LogP contribution in [0.3, 0.4) is 0 Å². The Hall–Kier alpha value is -1.55. The van der Waals surface area contributed by atoms with Gasteiger partial charge in [-0.15, -0.1) is 0 Å². The molecule has 0 bridgehead atoms. The lowest BCUT2D eigenvalue weighted by atomic mass is 10.2. The number of benzene rings is 1. The molecule has 0 spiro atoms. The number of carbonyl (C=O) groups excluding carboxylic acids is 1. The first-order valence-electron chi connectivity index (χ1n) is 9.94. The molecule has 2 N–H and O–H groups in total. The molecular weight excluding hydrogens is 383 g/mol. The van der Waals surface area contributed by atoms with Crippen molar-refractivity contribution in [2.45, 2.75) is 37.1 Å². The van der Waals surface area contributed by atoms with Crippen molar-refractivity contribution in [1.82, 2.24) is 19.8 Å². The number of halogens is 1. The minimum atomic E-state index is -3.95. The highest BCUT2D eigenvalue weighted by Gasteiger charge is 2.30. The van der Waals surface area contributed by atoms with Crippen LogP contribution < -0.4 is 10.0 Å². The van der Waals surface area contributed by atoms with Gasteiger partial charge in [0, 0.05) is 44.3 Å². The van der Waals surface area contributed by atoms with Gasteiger partial charge < -0.3 is 15.1 Å². The number of rotatable bonds is 9. The minimum Gasteiger partial charge on any atom is -0.352 e. The summed E-state index contributed by atoms with van der Waals surface area (Å²) in [4.78, 5) is 16.7. The van der Waals surface area contributed by atoms with Gasteiger partial charge in [0.2, 0.25) is 10.0 Å². The van der Waals surface area contributed by atoms with Crippen molar-refractivity contribution >= 4 is 15.9 Å². The first kappa shape index (κ1) is 21.2. The predicted molar refractivity (Wildman–Crippen MR) is 105 cm³/mol. The van der Waals surface area contributed by atoms with E-state index in [1.807, 2.05) is 0 Å². The standard InChI is InChI=1S/C19H29FN4O3S/c1-2-23-10-12-24(13-11-23)9-3-8-21-19(25)15-4-7-17(20)18(14-15)28(26,27)22-16-5-6-16/h4,7,14,16,22H,2-3,5-6,8-13H2,1H3,(H,21,25). The third kappa shape index (κ3) is 5.73. The highest BCUT2D eigenvalue weighted by molar-refractivity contribution is 7.89. The zero-order chi connectivity index (χ0) is 20.1. The van der Waals surface area contributed by atoms with Crippen molar-refractivity contribution in [2.75, 3.05) is 45.8 Å². The van der Waals surface area contributed by atoms with Gasteiger partial charge in [-0.1, -0.05) is 6.92 Å².